The number of halogens is 4. The highest BCUT2D eigenvalue weighted by Crippen LogP contribution is 2.48. The fraction of sp³-hybridized carbons (Fsp3) is 0.235. The van der Waals surface area contributed by atoms with Crippen molar-refractivity contribution >= 4 is 23.2 Å². The maximum atomic E-state index is 12.7. The van der Waals surface area contributed by atoms with Gasteiger partial charge in [0, 0.05) is 5.92 Å². The van der Waals surface area contributed by atoms with Crippen molar-refractivity contribution in [3.63, 3.8) is 0 Å². The molecule has 1 aliphatic carbocycles. The van der Waals surface area contributed by atoms with E-state index in [-0.39, 0.29) is 28.5 Å². The second-order valence-corrected chi connectivity index (χ2v) is 5.95. The highest BCUT2D eigenvalue weighted by Gasteiger charge is 2.44. The molecule has 2 atom stereocenters. The number of alkyl halides is 3. The smallest absolute Gasteiger partial charge is 0.324 e. The number of carbonyl (C=O) groups excluding carboxylic acids is 1. The van der Waals surface area contributed by atoms with Gasteiger partial charge in [0.05, 0.1) is 16.3 Å². The Morgan fingerprint density at radius 3 is 2.48 bits per heavy atom. The van der Waals surface area contributed by atoms with E-state index in [0.717, 1.165) is 23.8 Å². The predicted octanol–water partition coefficient (Wildman–Crippen LogP) is 5.10. The van der Waals surface area contributed by atoms with E-state index in [1.807, 2.05) is 30.3 Å². The van der Waals surface area contributed by atoms with Gasteiger partial charge >= 0.3 is 6.18 Å². The summed E-state index contributed by atoms with van der Waals surface area (Å²) in [6, 6.07) is 12.5. The molecule has 2 nitrogen and oxygen atoms in total. The summed E-state index contributed by atoms with van der Waals surface area (Å²) >= 11 is 5.89. The highest BCUT2D eigenvalue weighted by molar-refractivity contribution is 6.33. The maximum Gasteiger partial charge on any atom is 0.416 e. The minimum atomic E-state index is -4.48. The van der Waals surface area contributed by atoms with Crippen LogP contribution in [0.5, 0.6) is 0 Å². The summed E-state index contributed by atoms with van der Waals surface area (Å²) in [6.45, 7) is 0. The summed E-state index contributed by atoms with van der Waals surface area (Å²) in [4.78, 5) is 12.2. The molecule has 0 aliphatic heterocycles. The van der Waals surface area contributed by atoms with Crippen LogP contribution in [-0.2, 0) is 11.0 Å². The van der Waals surface area contributed by atoms with Crippen LogP contribution in [0.15, 0.2) is 48.5 Å². The van der Waals surface area contributed by atoms with Crippen molar-refractivity contribution in [3.8, 4) is 0 Å². The predicted molar refractivity (Wildman–Crippen MR) is 82.4 cm³/mol. The number of anilines is 1. The topological polar surface area (TPSA) is 29.1 Å². The molecule has 120 valence electrons. The van der Waals surface area contributed by atoms with Crippen LogP contribution in [0.3, 0.4) is 0 Å². The Bertz CT molecular complexity index is 730. The molecule has 2 aromatic carbocycles. The second-order valence-electron chi connectivity index (χ2n) is 5.54. The van der Waals surface area contributed by atoms with E-state index >= 15 is 0 Å². The summed E-state index contributed by atoms with van der Waals surface area (Å²) < 4.78 is 38.2. The van der Waals surface area contributed by atoms with Crippen LogP contribution in [0.1, 0.15) is 23.5 Å². The fourth-order valence-electron chi connectivity index (χ4n) is 2.58. The summed E-state index contributed by atoms with van der Waals surface area (Å²) in [5.74, 6) is -0.427. The molecule has 0 saturated heterocycles. The third kappa shape index (κ3) is 3.50. The Morgan fingerprint density at radius 1 is 1.13 bits per heavy atom. The van der Waals surface area contributed by atoms with Crippen LogP contribution in [0.2, 0.25) is 5.02 Å². The van der Waals surface area contributed by atoms with E-state index in [2.05, 4.69) is 5.32 Å². The SMILES string of the molecule is O=C(Nc1cc(C(F)(F)F)ccc1Cl)[C@@H]1C[C@H]1c1ccccc1. The largest absolute Gasteiger partial charge is 0.416 e. The van der Waals surface area contributed by atoms with Gasteiger partial charge in [-0.25, -0.2) is 0 Å². The van der Waals surface area contributed by atoms with Gasteiger partial charge in [-0.05, 0) is 36.1 Å². The Kier molecular flexibility index (Phi) is 4.06. The molecule has 0 aromatic heterocycles. The molecule has 2 aromatic rings. The lowest BCUT2D eigenvalue weighted by atomic mass is 10.1. The molecule has 1 amide bonds. The highest BCUT2D eigenvalue weighted by atomic mass is 35.5. The number of nitrogens with one attached hydrogen (secondary N) is 1. The second kappa shape index (κ2) is 5.89. The number of hydrogen-bond acceptors (Lipinski definition) is 1. The van der Waals surface area contributed by atoms with Crippen LogP contribution >= 0.6 is 11.6 Å². The zero-order chi connectivity index (χ0) is 16.6. The van der Waals surface area contributed by atoms with Gasteiger partial charge in [-0.2, -0.15) is 13.2 Å². The van der Waals surface area contributed by atoms with Crippen LogP contribution in [0.4, 0.5) is 18.9 Å². The van der Waals surface area contributed by atoms with Gasteiger partial charge in [-0.15, -0.1) is 0 Å². The van der Waals surface area contributed by atoms with Crippen molar-refractivity contribution in [3.05, 3.63) is 64.7 Å². The molecule has 6 heteroatoms. The first kappa shape index (κ1) is 15.9. The molecule has 0 heterocycles. The number of rotatable bonds is 3. The van der Waals surface area contributed by atoms with E-state index in [1.54, 1.807) is 0 Å². The van der Waals surface area contributed by atoms with E-state index in [9.17, 15) is 18.0 Å². The third-order valence-electron chi connectivity index (χ3n) is 3.91. The molecule has 0 radical (unpaired) electrons. The summed E-state index contributed by atoms with van der Waals surface area (Å²) in [5, 5.41) is 2.60. The molecule has 1 aliphatic rings. The standard InChI is InChI=1S/C17H13ClF3NO/c18-14-7-6-11(17(19,20)21)8-15(14)22-16(23)13-9-12(13)10-4-2-1-3-5-10/h1-8,12-13H,9H2,(H,22,23)/t12-,13+/m0/s1. The van der Waals surface area contributed by atoms with E-state index in [4.69, 9.17) is 11.6 Å². The van der Waals surface area contributed by atoms with Gasteiger partial charge in [0.15, 0.2) is 0 Å². The zero-order valence-corrected chi connectivity index (χ0v) is 12.7. The zero-order valence-electron chi connectivity index (χ0n) is 11.9. The first-order valence-electron chi connectivity index (χ1n) is 7.09. The van der Waals surface area contributed by atoms with Crippen molar-refractivity contribution in [2.45, 2.75) is 18.5 Å². The lowest BCUT2D eigenvalue weighted by Gasteiger charge is -2.11. The minimum absolute atomic E-state index is 0.00907. The fourth-order valence-corrected chi connectivity index (χ4v) is 2.74. The van der Waals surface area contributed by atoms with Crippen LogP contribution < -0.4 is 5.32 Å². The van der Waals surface area contributed by atoms with E-state index in [0.29, 0.717) is 6.42 Å². The third-order valence-corrected chi connectivity index (χ3v) is 4.24. The molecule has 1 saturated carbocycles. The quantitative estimate of drug-likeness (QED) is 0.828. The number of benzene rings is 2. The molecule has 0 spiro atoms. The van der Waals surface area contributed by atoms with Crippen LogP contribution in [-0.4, -0.2) is 5.91 Å². The average molecular weight is 340 g/mol. The lowest BCUT2D eigenvalue weighted by molar-refractivity contribution is -0.137. The van der Waals surface area contributed by atoms with Crippen LogP contribution in [0.25, 0.3) is 0 Å². The molecule has 1 fully saturated rings. The molecule has 1 N–H and O–H groups in total. The molecule has 3 rings (SSSR count). The van der Waals surface area contributed by atoms with Crippen LogP contribution in [0, 0.1) is 5.92 Å². The van der Waals surface area contributed by atoms with Crippen molar-refractivity contribution in [2.75, 3.05) is 5.32 Å². The van der Waals surface area contributed by atoms with Gasteiger partial charge in [0.1, 0.15) is 0 Å². The number of hydrogen-bond donors (Lipinski definition) is 1. The van der Waals surface area contributed by atoms with Gasteiger partial charge in [-0.3, -0.25) is 4.79 Å². The molecular weight excluding hydrogens is 327 g/mol. The average Bonchev–Trinajstić information content (AvgIpc) is 3.30. The number of amides is 1. The van der Waals surface area contributed by atoms with Gasteiger partial charge in [0.2, 0.25) is 5.91 Å². The normalized spacial score (nSPS) is 20.2. The summed E-state index contributed by atoms with van der Waals surface area (Å²) in [6.07, 6.45) is -3.79. The van der Waals surface area contributed by atoms with Crippen molar-refractivity contribution < 1.29 is 18.0 Å². The summed E-state index contributed by atoms with van der Waals surface area (Å²) in [5.41, 5.74) is 0.209. The first-order chi connectivity index (χ1) is 10.9. The lowest BCUT2D eigenvalue weighted by Crippen LogP contribution is -2.16. The van der Waals surface area contributed by atoms with Gasteiger partial charge < -0.3 is 5.32 Å². The Balaban J connectivity index is 1.72. The van der Waals surface area contributed by atoms with Gasteiger partial charge in [-0.1, -0.05) is 41.9 Å². The first-order valence-corrected chi connectivity index (χ1v) is 7.46. The van der Waals surface area contributed by atoms with Crippen molar-refractivity contribution in [2.24, 2.45) is 5.92 Å². The van der Waals surface area contributed by atoms with E-state index in [1.165, 1.54) is 0 Å². The van der Waals surface area contributed by atoms with E-state index < -0.39 is 11.7 Å². The molecule has 0 bridgehead atoms. The van der Waals surface area contributed by atoms with Crippen molar-refractivity contribution in [1.82, 2.24) is 0 Å². The van der Waals surface area contributed by atoms with Gasteiger partial charge in [0.25, 0.3) is 0 Å². The monoisotopic (exact) mass is 339 g/mol. The molecule has 23 heavy (non-hydrogen) atoms. The summed E-state index contributed by atoms with van der Waals surface area (Å²) in [7, 11) is 0. The molecular formula is C17H13ClF3NO. The Hall–Kier alpha value is -2.01. The maximum absolute atomic E-state index is 12.7. The number of carbonyl (C=O) groups is 1. The Labute approximate surface area is 136 Å². The molecule has 0 unspecified atom stereocenters. The Morgan fingerprint density at radius 2 is 1.83 bits per heavy atom. The minimum Gasteiger partial charge on any atom is -0.324 e. The van der Waals surface area contributed by atoms with Crippen molar-refractivity contribution in [1.29, 1.82) is 0 Å².